The number of hydrogen-bond donors (Lipinski definition) is 1. The number of pyridine rings is 2. The maximum atomic E-state index is 5.93. The Kier molecular flexibility index (Phi) is 3.65. The monoisotopic (exact) mass is 371 g/mol. The Balaban J connectivity index is 1.50. The van der Waals surface area contributed by atoms with Crippen molar-refractivity contribution in [3.05, 3.63) is 67.0 Å². The van der Waals surface area contributed by atoms with Gasteiger partial charge in [-0.2, -0.15) is 4.98 Å². The fourth-order valence-corrected chi connectivity index (χ4v) is 3.77. The first-order valence-electron chi connectivity index (χ1n) is 8.28. The van der Waals surface area contributed by atoms with Crippen molar-refractivity contribution in [1.29, 1.82) is 0 Å². The highest BCUT2D eigenvalue weighted by Crippen LogP contribution is 2.35. The summed E-state index contributed by atoms with van der Waals surface area (Å²) in [5.41, 5.74) is 9.20. The third-order valence-electron chi connectivity index (χ3n) is 4.19. The SMILES string of the molecule is Nc1cc2c(-c3nc(-c4ccc(-c5ccccn5)nc4)no3)cccc2s1. The number of fused-ring (bicyclic) bond motifs is 1. The molecule has 0 aliphatic heterocycles. The Bertz CT molecular complexity index is 1230. The zero-order valence-electron chi connectivity index (χ0n) is 14.0. The van der Waals surface area contributed by atoms with Gasteiger partial charge in [-0.05, 0) is 42.5 Å². The van der Waals surface area contributed by atoms with E-state index >= 15 is 0 Å². The lowest BCUT2D eigenvalue weighted by Crippen LogP contribution is -1.88. The Labute approximate surface area is 158 Å². The summed E-state index contributed by atoms with van der Waals surface area (Å²) >= 11 is 1.54. The molecule has 0 spiro atoms. The quantitative estimate of drug-likeness (QED) is 0.496. The molecule has 0 saturated heterocycles. The van der Waals surface area contributed by atoms with E-state index in [1.165, 1.54) is 11.3 Å². The highest BCUT2D eigenvalue weighted by Gasteiger charge is 2.15. The molecule has 0 atom stereocenters. The summed E-state index contributed by atoms with van der Waals surface area (Å²) < 4.78 is 6.59. The molecule has 0 bridgehead atoms. The third kappa shape index (κ3) is 2.84. The van der Waals surface area contributed by atoms with Crippen LogP contribution in [0.15, 0.2) is 71.5 Å². The van der Waals surface area contributed by atoms with Crippen LogP contribution in [0.25, 0.3) is 44.3 Å². The second kappa shape index (κ2) is 6.30. The highest BCUT2D eigenvalue weighted by molar-refractivity contribution is 7.22. The number of hydrogen-bond acceptors (Lipinski definition) is 7. The average Bonchev–Trinajstić information content (AvgIpc) is 3.34. The predicted octanol–water partition coefficient (Wildman–Crippen LogP) is 4.66. The smallest absolute Gasteiger partial charge is 0.258 e. The molecule has 2 N–H and O–H groups in total. The van der Waals surface area contributed by atoms with Gasteiger partial charge in [0, 0.05) is 33.6 Å². The Morgan fingerprint density at radius 2 is 1.85 bits per heavy atom. The van der Waals surface area contributed by atoms with Gasteiger partial charge in [0.15, 0.2) is 0 Å². The van der Waals surface area contributed by atoms with E-state index in [0.29, 0.717) is 11.7 Å². The fraction of sp³-hybridized carbons (Fsp3) is 0. The lowest BCUT2D eigenvalue weighted by molar-refractivity contribution is 0.432. The minimum atomic E-state index is 0.460. The van der Waals surface area contributed by atoms with E-state index in [4.69, 9.17) is 10.3 Å². The van der Waals surface area contributed by atoms with Crippen molar-refractivity contribution in [2.45, 2.75) is 0 Å². The third-order valence-corrected chi connectivity index (χ3v) is 5.12. The standard InChI is InChI=1S/C20H13N5OS/c21-18-10-14-13(4-3-6-17(14)27-18)20-24-19(25-26-20)12-7-8-16(23-11-12)15-5-1-2-9-22-15/h1-11H,21H2. The van der Waals surface area contributed by atoms with Gasteiger partial charge in [-0.3, -0.25) is 9.97 Å². The van der Waals surface area contributed by atoms with E-state index in [0.717, 1.165) is 37.6 Å². The van der Waals surface area contributed by atoms with E-state index in [1.54, 1.807) is 12.4 Å². The van der Waals surface area contributed by atoms with Crippen LogP contribution in [0.4, 0.5) is 5.00 Å². The molecule has 0 amide bonds. The van der Waals surface area contributed by atoms with Gasteiger partial charge >= 0.3 is 0 Å². The average molecular weight is 371 g/mol. The van der Waals surface area contributed by atoms with Gasteiger partial charge in [0.1, 0.15) is 0 Å². The molecule has 1 aromatic carbocycles. The van der Waals surface area contributed by atoms with Gasteiger partial charge in [0.05, 0.1) is 16.4 Å². The van der Waals surface area contributed by atoms with E-state index in [-0.39, 0.29) is 0 Å². The minimum Gasteiger partial charge on any atom is -0.391 e. The largest absolute Gasteiger partial charge is 0.391 e. The van der Waals surface area contributed by atoms with Crippen molar-refractivity contribution in [2.75, 3.05) is 5.73 Å². The molecule has 0 aliphatic carbocycles. The van der Waals surface area contributed by atoms with Crippen LogP contribution >= 0.6 is 11.3 Å². The van der Waals surface area contributed by atoms with Crippen LogP contribution in [0.3, 0.4) is 0 Å². The van der Waals surface area contributed by atoms with Gasteiger partial charge in [0.2, 0.25) is 5.82 Å². The molecule has 6 nitrogen and oxygen atoms in total. The molecule has 5 rings (SSSR count). The molecule has 130 valence electrons. The van der Waals surface area contributed by atoms with Crippen LogP contribution < -0.4 is 5.73 Å². The Hall–Kier alpha value is -3.58. The molecule has 5 aromatic rings. The number of rotatable bonds is 3. The molecular weight excluding hydrogens is 358 g/mol. The van der Waals surface area contributed by atoms with E-state index < -0.39 is 0 Å². The number of nitrogens with zero attached hydrogens (tertiary/aromatic N) is 4. The van der Waals surface area contributed by atoms with Gasteiger partial charge in [0.25, 0.3) is 5.89 Å². The molecule has 0 radical (unpaired) electrons. The molecule has 0 fully saturated rings. The molecule has 0 unspecified atom stereocenters. The molecule has 0 aliphatic rings. The van der Waals surface area contributed by atoms with Gasteiger partial charge in [-0.1, -0.05) is 17.3 Å². The zero-order chi connectivity index (χ0) is 18.2. The van der Waals surface area contributed by atoms with Crippen molar-refractivity contribution in [2.24, 2.45) is 0 Å². The first-order chi connectivity index (χ1) is 13.3. The normalized spacial score (nSPS) is 11.1. The lowest BCUT2D eigenvalue weighted by atomic mass is 10.1. The number of benzene rings is 1. The first-order valence-corrected chi connectivity index (χ1v) is 9.09. The van der Waals surface area contributed by atoms with Crippen LogP contribution in [0.2, 0.25) is 0 Å². The van der Waals surface area contributed by atoms with Crippen LogP contribution in [0.5, 0.6) is 0 Å². The number of aromatic nitrogens is 4. The maximum Gasteiger partial charge on any atom is 0.258 e. The first kappa shape index (κ1) is 15.7. The summed E-state index contributed by atoms with van der Waals surface area (Å²) in [6.07, 6.45) is 3.47. The molecule has 0 saturated carbocycles. The molecular formula is C20H13N5OS. The number of nitrogen functional groups attached to an aromatic ring is 1. The summed E-state index contributed by atoms with van der Waals surface area (Å²) in [4.78, 5) is 13.3. The Morgan fingerprint density at radius 3 is 2.67 bits per heavy atom. The van der Waals surface area contributed by atoms with Crippen molar-refractivity contribution in [1.82, 2.24) is 20.1 Å². The highest BCUT2D eigenvalue weighted by atomic mass is 32.1. The number of thiophene rings is 1. The topological polar surface area (TPSA) is 90.7 Å². The van der Waals surface area contributed by atoms with Crippen LogP contribution in [0, 0.1) is 0 Å². The van der Waals surface area contributed by atoms with Crippen molar-refractivity contribution >= 4 is 26.4 Å². The molecule has 4 aromatic heterocycles. The van der Waals surface area contributed by atoms with Crippen LogP contribution in [-0.2, 0) is 0 Å². The maximum absolute atomic E-state index is 5.93. The Morgan fingerprint density at radius 1 is 0.926 bits per heavy atom. The second-order valence-electron chi connectivity index (χ2n) is 5.94. The van der Waals surface area contributed by atoms with E-state index in [9.17, 15) is 0 Å². The number of nitrogens with two attached hydrogens (primary N) is 1. The molecule has 4 heterocycles. The van der Waals surface area contributed by atoms with Gasteiger partial charge in [-0.25, -0.2) is 0 Å². The van der Waals surface area contributed by atoms with Crippen molar-refractivity contribution in [3.63, 3.8) is 0 Å². The second-order valence-corrected chi connectivity index (χ2v) is 7.05. The summed E-state index contributed by atoms with van der Waals surface area (Å²) in [6, 6.07) is 17.4. The van der Waals surface area contributed by atoms with Crippen LogP contribution in [0.1, 0.15) is 0 Å². The predicted molar refractivity (Wildman–Crippen MR) is 106 cm³/mol. The lowest BCUT2D eigenvalue weighted by Gasteiger charge is -2.00. The molecule has 27 heavy (non-hydrogen) atoms. The summed E-state index contributed by atoms with van der Waals surface area (Å²) in [7, 11) is 0. The van der Waals surface area contributed by atoms with E-state index in [1.807, 2.05) is 54.6 Å². The van der Waals surface area contributed by atoms with Gasteiger partial charge in [-0.15, -0.1) is 11.3 Å². The summed E-state index contributed by atoms with van der Waals surface area (Å²) in [5.74, 6) is 0.951. The van der Waals surface area contributed by atoms with Crippen LogP contribution in [-0.4, -0.2) is 20.1 Å². The number of anilines is 1. The zero-order valence-corrected chi connectivity index (χ0v) is 14.9. The minimum absolute atomic E-state index is 0.460. The van der Waals surface area contributed by atoms with Crippen molar-refractivity contribution in [3.8, 4) is 34.2 Å². The summed E-state index contributed by atoms with van der Waals surface area (Å²) in [6.45, 7) is 0. The molecule has 7 heteroatoms. The fourth-order valence-electron chi connectivity index (χ4n) is 2.91. The summed E-state index contributed by atoms with van der Waals surface area (Å²) in [5, 5.41) is 5.88. The van der Waals surface area contributed by atoms with E-state index in [2.05, 4.69) is 20.1 Å². The van der Waals surface area contributed by atoms with Crippen molar-refractivity contribution < 1.29 is 4.52 Å². The van der Waals surface area contributed by atoms with Gasteiger partial charge < -0.3 is 10.3 Å².